The van der Waals surface area contributed by atoms with Crippen LogP contribution in [0, 0.1) is 10.7 Å². The molecule has 0 unspecified atom stereocenters. The molecular weight excluding hydrogens is 302 g/mol. The Balaban J connectivity index is 2.92. The van der Waals surface area contributed by atoms with Crippen LogP contribution in [-0.4, -0.2) is 47.4 Å². The van der Waals surface area contributed by atoms with E-state index >= 15 is 0 Å². The monoisotopic (exact) mass is 321 g/mol. The number of anilines is 2. The molecule has 0 aliphatic heterocycles. The maximum atomic E-state index is 11.2. The summed E-state index contributed by atoms with van der Waals surface area (Å²) in [6.07, 6.45) is 1.74. The molecule has 114 valence electrons. The number of aliphatic hydroxyl groups excluding tert-OH is 1. The third kappa shape index (κ3) is 6.26. The summed E-state index contributed by atoms with van der Waals surface area (Å²) < 4.78 is 24.5. The van der Waals surface area contributed by atoms with Crippen molar-refractivity contribution < 1.29 is 13.5 Å². The van der Waals surface area contributed by atoms with Crippen LogP contribution in [0.3, 0.4) is 0 Å². The van der Waals surface area contributed by atoms with E-state index in [0.29, 0.717) is 5.92 Å². The summed E-state index contributed by atoms with van der Waals surface area (Å²) in [6.45, 7) is 3.99. The zero-order valence-corrected chi connectivity index (χ0v) is 13.2. The van der Waals surface area contributed by atoms with Crippen molar-refractivity contribution in [2.45, 2.75) is 26.3 Å². The lowest BCUT2D eigenvalue weighted by Gasteiger charge is -2.18. The van der Waals surface area contributed by atoms with Gasteiger partial charge < -0.3 is 10.4 Å². The van der Waals surface area contributed by atoms with Gasteiger partial charge in [-0.15, -0.1) is 0 Å². The van der Waals surface area contributed by atoms with E-state index in [-0.39, 0.29) is 29.3 Å². The van der Waals surface area contributed by atoms with Crippen LogP contribution in [0.25, 0.3) is 0 Å². The van der Waals surface area contributed by atoms with Crippen LogP contribution in [0.2, 0.25) is 0 Å². The number of nitrogens with zero attached hydrogens (tertiary/aromatic N) is 2. The van der Waals surface area contributed by atoms with Crippen LogP contribution < -0.4 is 10.0 Å². The van der Waals surface area contributed by atoms with Gasteiger partial charge >= 0.3 is 0 Å². The zero-order chi connectivity index (χ0) is 15.3. The molecule has 0 saturated carbocycles. The Labute approximate surface area is 123 Å². The molecule has 0 saturated heterocycles. The van der Waals surface area contributed by atoms with Crippen LogP contribution in [0.15, 0.2) is 0 Å². The van der Waals surface area contributed by atoms with Gasteiger partial charge in [0.25, 0.3) is 0 Å². The van der Waals surface area contributed by atoms with Crippen LogP contribution in [-0.2, 0) is 10.0 Å². The lowest BCUT2D eigenvalue weighted by atomic mass is 10.0. The number of aromatic amines is 1. The largest absolute Gasteiger partial charge is 0.394 e. The summed E-state index contributed by atoms with van der Waals surface area (Å²) >= 11 is 4.87. The summed E-state index contributed by atoms with van der Waals surface area (Å²) in [5.74, 6) is 0.630. The zero-order valence-electron chi connectivity index (χ0n) is 11.5. The molecule has 1 heterocycles. The molecular formula is C10H19N5O3S2. The lowest BCUT2D eigenvalue weighted by molar-refractivity contribution is 0.259. The van der Waals surface area contributed by atoms with Gasteiger partial charge in [-0.3, -0.25) is 9.71 Å². The molecule has 20 heavy (non-hydrogen) atoms. The predicted octanol–water partition coefficient (Wildman–Crippen LogP) is 0.725. The second-order valence-corrected chi connectivity index (χ2v) is 6.97. The normalized spacial score (nSPS) is 13.2. The summed E-state index contributed by atoms with van der Waals surface area (Å²) in [6, 6.07) is -0.207. The molecule has 1 atom stereocenters. The van der Waals surface area contributed by atoms with Gasteiger partial charge in [0.15, 0.2) is 0 Å². The molecule has 0 aromatic carbocycles. The molecule has 0 fully saturated rings. The van der Waals surface area contributed by atoms with Gasteiger partial charge in [0, 0.05) is 0 Å². The van der Waals surface area contributed by atoms with E-state index in [9.17, 15) is 13.5 Å². The van der Waals surface area contributed by atoms with Gasteiger partial charge in [0.1, 0.15) is 0 Å². The minimum absolute atomic E-state index is 0.00126. The van der Waals surface area contributed by atoms with E-state index in [1.807, 2.05) is 13.8 Å². The van der Waals surface area contributed by atoms with Crippen LogP contribution in [0.1, 0.15) is 20.3 Å². The number of rotatable bonds is 7. The van der Waals surface area contributed by atoms with Gasteiger partial charge in [-0.2, -0.15) is 9.97 Å². The first-order chi connectivity index (χ1) is 9.19. The number of hydrogen-bond acceptors (Lipinski definition) is 7. The van der Waals surface area contributed by atoms with Crippen LogP contribution in [0.5, 0.6) is 0 Å². The van der Waals surface area contributed by atoms with Gasteiger partial charge in [-0.25, -0.2) is 8.42 Å². The predicted molar refractivity (Wildman–Crippen MR) is 79.6 cm³/mol. The second kappa shape index (κ2) is 6.95. The van der Waals surface area contributed by atoms with Crippen molar-refractivity contribution in [1.29, 1.82) is 0 Å². The number of aromatic nitrogens is 3. The van der Waals surface area contributed by atoms with Crippen molar-refractivity contribution in [1.82, 2.24) is 15.0 Å². The van der Waals surface area contributed by atoms with Crippen molar-refractivity contribution in [3.05, 3.63) is 4.77 Å². The van der Waals surface area contributed by atoms with E-state index in [4.69, 9.17) is 12.2 Å². The highest BCUT2D eigenvalue weighted by atomic mass is 32.2. The van der Waals surface area contributed by atoms with Gasteiger partial charge in [0.2, 0.25) is 26.7 Å². The van der Waals surface area contributed by atoms with Crippen molar-refractivity contribution in [2.24, 2.45) is 5.92 Å². The number of H-pyrrole nitrogens is 1. The third-order valence-corrected chi connectivity index (χ3v) is 3.00. The molecule has 0 amide bonds. The lowest BCUT2D eigenvalue weighted by Crippen LogP contribution is -2.27. The molecule has 1 rings (SSSR count). The Morgan fingerprint density at radius 2 is 1.95 bits per heavy atom. The Morgan fingerprint density at radius 1 is 1.35 bits per heavy atom. The molecule has 0 bridgehead atoms. The fourth-order valence-corrected chi connectivity index (χ4v) is 2.25. The molecule has 1 aromatic heterocycles. The maximum Gasteiger partial charge on any atom is 0.232 e. The minimum Gasteiger partial charge on any atom is -0.394 e. The SMILES string of the molecule is CC(C)C[C@H](CO)Nc1nc(=S)nc(NS(C)(=O)=O)[nH]1. The Bertz CT molecular complexity index is 599. The van der Waals surface area contributed by atoms with Gasteiger partial charge in [0.05, 0.1) is 18.9 Å². The van der Waals surface area contributed by atoms with Crippen molar-refractivity contribution in [3.8, 4) is 0 Å². The molecule has 8 nitrogen and oxygen atoms in total. The van der Waals surface area contributed by atoms with Crippen LogP contribution in [0.4, 0.5) is 11.9 Å². The Morgan fingerprint density at radius 3 is 2.45 bits per heavy atom. The summed E-state index contributed by atoms with van der Waals surface area (Å²) in [4.78, 5) is 10.4. The Hall–Kier alpha value is -1.26. The molecule has 10 heteroatoms. The molecule has 4 N–H and O–H groups in total. The standard InChI is InChI=1S/C10H19N5O3S2/c1-6(2)4-7(5-16)11-8-12-9(14-10(19)13-8)15-20(3,17)18/h6-7,16H,4-5H2,1-3H3,(H3,11,12,13,14,15,19)/t7-/m1/s1. The highest BCUT2D eigenvalue weighted by Crippen LogP contribution is 2.11. The number of hydrogen-bond donors (Lipinski definition) is 4. The van der Waals surface area contributed by atoms with Gasteiger partial charge in [-0.1, -0.05) is 13.8 Å². The summed E-state index contributed by atoms with van der Waals surface area (Å²) in [5.41, 5.74) is 0. The van der Waals surface area contributed by atoms with E-state index in [2.05, 4.69) is 25.0 Å². The maximum absolute atomic E-state index is 11.2. The van der Waals surface area contributed by atoms with E-state index in [1.54, 1.807) is 0 Å². The third-order valence-electron chi connectivity index (χ3n) is 2.25. The number of sulfonamides is 1. The first kappa shape index (κ1) is 16.8. The van der Waals surface area contributed by atoms with Crippen molar-refractivity contribution in [2.75, 3.05) is 22.9 Å². The first-order valence-corrected chi connectivity index (χ1v) is 8.33. The van der Waals surface area contributed by atoms with E-state index in [1.165, 1.54) is 0 Å². The first-order valence-electron chi connectivity index (χ1n) is 6.03. The van der Waals surface area contributed by atoms with Crippen molar-refractivity contribution in [3.63, 3.8) is 0 Å². The highest BCUT2D eigenvalue weighted by molar-refractivity contribution is 7.92. The van der Waals surface area contributed by atoms with E-state index < -0.39 is 10.0 Å². The molecule has 0 spiro atoms. The number of aliphatic hydroxyl groups is 1. The molecule has 0 aliphatic rings. The van der Waals surface area contributed by atoms with Crippen molar-refractivity contribution >= 4 is 34.1 Å². The fourth-order valence-electron chi connectivity index (χ4n) is 1.62. The van der Waals surface area contributed by atoms with Gasteiger partial charge in [-0.05, 0) is 24.6 Å². The average molecular weight is 321 g/mol. The quantitative estimate of drug-likeness (QED) is 0.546. The smallest absolute Gasteiger partial charge is 0.232 e. The molecule has 0 aliphatic carbocycles. The molecule has 0 radical (unpaired) electrons. The Kier molecular flexibility index (Phi) is 5.84. The summed E-state index contributed by atoms with van der Waals surface area (Å²) in [7, 11) is -3.46. The summed E-state index contributed by atoms with van der Waals surface area (Å²) in [5, 5.41) is 12.3. The minimum atomic E-state index is -3.46. The highest BCUT2D eigenvalue weighted by Gasteiger charge is 2.12. The number of nitrogens with one attached hydrogen (secondary N) is 3. The fraction of sp³-hybridized carbons (Fsp3) is 0.700. The second-order valence-electron chi connectivity index (χ2n) is 4.86. The van der Waals surface area contributed by atoms with Crippen LogP contribution >= 0.6 is 12.2 Å². The van der Waals surface area contributed by atoms with E-state index in [0.717, 1.165) is 12.7 Å². The topological polar surface area (TPSA) is 120 Å². The average Bonchev–Trinajstić information content (AvgIpc) is 2.23. The molecule has 1 aromatic rings.